The lowest BCUT2D eigenvalue weighted by atomic mass is 10.1. The predicted octanol–water partition coefficient (Wildman–Crippen LogP) is 6.94. The van der Waals surface area contributed by atoms with Gasteiger partial charge < -0.3 is 0 Å². The Morgan fingerprint density at radius 3 is 1.60 bits per heavy atom. The minimum Gasteiger partial charge on any atom is -0.198 e. The van der Waals surface area contributed by atoms with Crippen LogP contribution in [0.15, 0.2) is 12.2 Å². The molecule has 0 aliphatic rings. The number of hydrogen-bond acceptors (Lipinski definition) is 1. The molecule has 0 heterocycles. The van der Waals surface area contributed by atoms with Gasteiger partial charge in [0.1, 0.15) is 0 Å². The molecule has 0 radical (unpaired) electrons. The zero-order valence-corrected chi connectivity index (χ0v) is 13.7. The SMILES string of the molecule is CCCCCC/C=C\CCCCCCCCCCC#N. The van der Waals surface area contributed by atoms with Crippen LogP contribution in [-0.2, 0) is 0 Å². The Bertz CT molecular complexity index is 237. The maximum Gasteiger partial charge on any atom is 0.0621 e. The van der Waals surface area contributed by atoms with Gasteiger partial charge in [0.15, 0.2) is 0 Å². The fourth-order valence-corrected chi connectivity index (χ4v) is 2.45. The number of unbranched alkanes of at least 4 members (excludes halogenated alkanes) is 13. The molecule has 0 bridgehead atoms. The van der Waals surface area contributed by atoms with Crippen molar-refractivity contribution in [2.75, 3.05) is 0 Å². The minimum absolute atomic E-state index is 0.741. The highest BCUT2D eigenvalue weighted by molar-refractivity contribution is 4.81. The largest absolute Gasteiger partial charge is 0.198 e. The third-order valence-corrected chi connectivity index (χ3v) is 3.80. The van der Waals surface area contributed by atoms with Crippen molar-refractivity contribution < 1.29 is 0 Å². The van der Waals surface area contributed by atoms with Crippen LogP contribution in [0.1, 0.15) is 103 Å². The van der Waals surface area contributed by atoms with E-state index in [4.69, 9.17) is 5.26 Å². The highest BCUT2D eigenvalue weighted by Crippen LogP contribution is 2.11. The second-order valence-electron chi connectivity index (χ2n) is 5.85. The van der Waals surface area contributed by atoms with Crippen molar-refractivity contribution in [3.05, 3.63) is 12.2 Å². The van der Waals surface area contributed by atoms with Crippen LogP contribution in [0, 0.1) is 11.3 Å². The molecular weight excluding hydrogens is 242 g/mol. The summed E-state index contributed by atoms with van der Waals surface area (Å²) in [5.74, 6) is 0. The van der Waals surface area contributed by atoms with Crippen molar-refractivity contribution >= 4 is 0 Å². The Labute approximate surface area is 127 Å². The second kappa shape index (κ2) is 18.2. The van der Waals surface area contributed by atoms with Crippen molar-refractivity contribution in [1.29, 1.82) is 5.26 Å². The van der Waals surface area contributed by atoms with Gasteiger partial charge in [0.25, 0.3) is 0 Å². The van der Waals surface area contributed by atoms with E-state index in [1.807, 2.05) is 0 Å². The summed E-state index contributed by atoms with van der Waals surface area (Å²) in [5.41, 5.74) is 0. The van der Waals surface area contributed by atoms with Gasteiger partial charge in [-0.15, -0.1) is 0 Å². The van der Waals surface area contributed by atoms with Crippen LogP contribution in [0.3, 0.4) is 0 Å². The standard InChI is InChI=1S/C19H35N/c1-2-3-4-5-6-7-8-9-10-11-12-13-14-15-16-17-18-19-20/h7-8H,2-6,9-18H2,1H3/b8-7-. The van der Waals surface area contributed by atoms with Crippen LogP contribution in [0.5, 0.6) is 0 Å². The van der Waals surface area contributed by atoms with Crippen molar-refractivity contribution in [2.45, 2.75) is 103 Å². The summed E-state index contributed by atoms with van der Waals surface area (Å²) < 4.78 is 0. The first-order valence-electron chi connectivity index (χ1n) is 8.93. The lowest BCUT2D eigenvalue weighted by Gasteiger charge is -2.00. The Hall–Kier alpha value is -0.770. The number of hydrogen-bond donors (Lipinski definition) is 0. The van der Waals surface area contributed by atoms with E-state index in [1.165, 1.54) is 83.5 Å². The normalized spacial score (nSPS) is 11.0. The zero-order chi connectivity index (χ0) is 14.7. The van der Waals surface area contributed by atoms with Crippen molar-refractivity contribution in [3.63, 3.8) is 0 Å². The molecule has 116 valence electrons. The molecule has 0 atom stereocenters. The molecule has 1 heteroatoms. The lowest BCUT2D eigenvalue weighted by molar-refractivity contribution is 0.572. The number of nitrogens with zero attached hydrogens (tertiary/aromatic N) is 1. The first-order chi connectivity index (χ1) is 9.91. The average Bonchev–Trinajstić information content (AvgIpc) is 2.47. The van der Waals surface area contributed by atoms with Crippen LogP contribution in [0.4, 0.5) is 0 Å². The Kier molecular flexibility index (Phi) is 17.5. The number of allylic oxidation sites excluding steroid dienone is 2. The third kappa shape index (κ3) is 17.2. The fourth-order valence-electron chi connectivity index (χ4n) is 2.45. The first kappa shape index (κ1) is 19.2. The van der Waals surface area contributed by atoms with E-state index in [-0.39, 0.29) is 0 Å². The van der Waals surface area contributed by atoms with Crippen LogP contribution >= 0.6 is 0 Å². The molecule has 0 saturated heterocycles. The summed E-state index contributed by atoms with van der Waals surface area (Å²) in [6, 6.07) is 2.21. The Morgan fingerprint density at radius 1 is 0.650 bits per heavy atom. The summed E-state index contributed by atoms with van der Waals surface area (Å²) in [6.45, 7) is 2.27. The number of rotatable bonds is 15. The molecule has 0 aromatic carbocycles. The van der Waals surface area contributed by atoms with Gasteiger partial charge >= 0.3 is 0 Å². The molecule has 0 N–H and O–H groups in total. The Morgan fingerprint density at radius 2 is 1.10 bits per heavy atom. The molecule has 20 heavy (non-hydrogen) atoms. The molecule has 0 aromatic heterocycles. The monoisotopic (exact) mass is 277 g/mol. The van der Waals surface area contributed by atoms with Gasteiger partial charge in [0.2, 0.25) is 0 Å². The van der Waals surface area contributed by atoms with Crippen molar-refractivity contribution in [1.82, 2.24) is 0 Å². The van der Waals surface area contributed by atoms with E-state index in [1.54, 1.807) is 0 Å². The zero-order valence-electron chi connectivity index (χ0n) is 13.7. The smallest absolute Gasteiger partial charge is 0.0621 e. The summed E-state index contributed by atoms with van der Waals surface area (Å²) in [5, 5.41) is 8.43. The lowest BCUT2D eigenvalue weighted by Crippen LogP contribution is -1.81. The topological polar surface area (TPSA) is 23.8 Å². The molecule has 0 unspecified atom stereocenters. The first-order valence-corrected chi connectivity index (χ1v) is 8.93. The van der Waals surface area contributed by atoms with E-state index in [9.17, 15) is 0 Å². The molecule has 0 aliphatic carbocycles. The van der Waals surface area contributed by atoms with Gasteiger partial charge in [0, 0.05) is 6.42 Å². The van der Waals surface area contributed by atoms with Gasteiger partial charge in [-0.05, 0) is 32.1 Å². The highest BCUT2D eigenvalue weighted by atomic mass is 14.2. The van der Waals surface area contributed by atoms with Gasteiger partial charge in [0.05, 0.1) is 6.07 Å². The summed E-state index contributed by atoms with van der Waals surface area (Å²) >= 11 is 0. The van der Waals surface area contributed by atoms with E-state index in [0.717, 1.165) is 12.8 Å². The highest BCUT2D eigenvalue weighted by Gasteiger charge is 1.92. The molecule has 0 rings (SSSR count). The maximum atomic E-state index is 8.43. The molecule has 0 amide bonds. The summed E-state index contributed by atoms with van der Waals surface area (Å²) in [4.78, 5) is 0. The second-order valence-corrected chi connectivity index (χ2v) is 5.85. The third-order valence-electron chi connectivity index (χ3n) is 3.80. The van der Waals surface area contributed by atoms with E-state index in [2.05, 4.69) is 25.1 Å². The minimum atomic E-state index is 0.741. The molecule has 0 aliphatic heterocycles. The quantitative estimate of drug-likeness (QED) is 0.235. The summed E-state index contributed by atoms with van der Waals surface area (Å²) in [7, 11) is 0. The van der Waals surface area contributed by atoms with E-state index < -0.39 is 0 Å². The molecule has 0 saturated carbocycles. The van der Waals surface area contributed by atoms with Gasteiger partial charge in [-0.1, -0.05) is 76.9 Å². The maximum absolute atomic E-state index is 8.43. The van der Waals surface area contributed by atoms with Crippen LogP contribution in [-0.4, -0.2) is 0 Å². The van der Waals surface area contributed by atoms with Crippen molar-refractivity contribution in [2.24, 2.45) is 0 Å². The number of nitriles is 1. The van der Waals surface area contributed by atoms with Crippen LogP contribution < -0.4 is 0 Å². The van der Waals surface area contributed by atoms with E-state index in [0.29, 0.717) is 0 Å². The molecule has 1 nitrogen and oxygen atoms in total. The molecule has 0 fully saturated rings. The molecule has 0 spiro atoms. The van der Waals surface area contributed by atoms with Crippen molar-refractivity contribution in [3.8, 4) is 6.07 Å². The average molecular weight is 277 g/mol. The molecular formula is C19H35N. The van der Waals surface area contributed by atoms with Gasteiger partial charge in [-0.2, -0.15) is 5.26 Å². The molecule has 0 aromatic rings. The predicted molar refractivity (Wildman–Crippen MR) is 89.7 cm³/mol. The van der Waals surface area contributed by atoms with Crippen LogP contribution in [0.25, 0.3) is 0 Å². The van der Waals surface area contributed by atoms with Gasteiger partial charge in [-0.3, -0.25) is 0 Å². The van der Waals surface area contributed by atoms with Crippen LogP contribution in [0.2, 0.25) is 0 Å². The summed E-state index contributed by atoms with van der Waals surface area (Å²) in [6.07, 6.45) is 24.1. The van der Waals surface area contributed by atoms with Gasteiger partial charge in [-0.25, -0.2) is 0 Å². The fraction of sp³-hybridized carbons (Fsp3) is 0.842. The Balaban J connectivity index is 3.02. The van der Waals surface area contributed by atoms with E-state index >= 15 is 0 Å².